The second-order valence-electron chi connectivity index (χ2n) is 3.21. The topological polar surface area (TPSA) is 48.3 Å². The maximum atomic E-state index is 11.7. The normalized spacial score (nSPS) is 10.0. The zero-order valence-electron chi connectivity index (χ0n) is 9.03. The van der Waals surface area contributed by atoms with Crippen LogP contribution in [0.3, 0.4) is 0 Å². The average molecular weight is 209 g/mol. The number of hydrogen-bond acceptors (Lipinski definition) is 3. The first kappa shape index (κ1) is 11.5. The first-order valence-electron chi connectivity index (χ1n) is 4.94. The van der Waals surface area contributed by atoms with E-state index < -0.39 is 0 Å². The molecule has 0 aromatic carbocycles. The third-order valence-corrected chi connectivity index (χ3v) is 2.26. The van der Waals surface area contributed by atoms with Crippen molar-refractivity contribution in [3.05, 3.63) is 34.2 Å². The first-order valence-corrected chi connectivity index (χ1v) is 4.94. The van der Waals surface area contributed by atoms with Gasteiger partial charge in [-0.15, -0.1) is 0 Å². The van der Waals surface area contributed by atoms with Gasteiger partial charge in [0.15, 0.2) is 0 Å². The molecule has 0 N–H and O–H groups in total. The van der Waals surface area contributed by atoms with Gasteiger partial charge < -0.3 is 9.30 Å². The van der Waals surface area contributed by atoms with Gasteiger partial charge in [-0.1, -0.05) is 13.0 Å². The molecule has 0 radical (unpaired) electrons. The summed E-state index contributed by atoms with van der Waals surface area (Å²) in [7, 11) is 1.34. The van der Waals surface area contributed by atoms with Crippen LogP contribution in [0.4, 0.5) is 0 Å². The predicted molar refractivity (Wildman–Crippen MR) is 56.7 cm³/mol. The molecule has 1 aromatic rings. The van der Waals surface area contributed by atoms with Crippen LogP contribution in [-0.2, 0) is 22.5 Å². The Morgan fingerprint density at radius 3 is 2.87 bits per heavy atom. The molecule has 1 aromatic heterocycles. The second-order valence-corrected chi connectivity index (χ2v) is 3.21. The summed E-state index contributed by atoms with van der Waals surface area (Å²) in [6.45, 7) is 2.31. The van der Waals surface area contributed by atoms with E-state index >= 15 is 0 Å². The van der Waals surface area contributed by atoms with Crippen LogP contribution in [-0.4, -0.2) is 17.6 Å². The van der Waals surface area contributed by atoms with Crippen molar-refractivity contribution < 1.29 is 9.53 Å². The molecule has 0 bridgehead atoms. The molecule has 1 rings (SSSR count). The van der Waals surface area contributed by atoms with Crippen molar-refractivity contribution in [1.29, 1.82) is 0 Å². The first-order chi connectivity index (χ1) is 7.19. The van der Waals surface area contributed by atoms with Crippen molar-refractivity contribution in [2.45, 2.75) is 26.3 Å². The van der Waals surface area contributed by atoms with Gasteiger partial charge in [0.2, 0.25) is 0 Å². The van der Waals surface area contributed by atoms with Gasteiger partial charge in [0.05, 0.1) is 13.5 Å². The fourth-order valence-electron chi connectivity index (χ4n) is 1.35. The van der Waals surface area contributed by atoms with E-state index in [9.17, 15) is 9.59 Å². The number of pyridine rings is 1. The van der Waals surface area contributed by atoms with Gasteiger partial charge in [-0.05, 0) is 12.5 Å². The predicted octanol–water partition coefficient (Wildman–Crippen LogP) is 0.974. The van der Waals surface area contributed by atoms with Gasteiger partial charge in [0.25, 0.3) is 5.56 Å². The number of rotatable bonds is 4. The summed E-state index contributed by atoms with van der Waals surface area (Å²) >= 11 is 0. The van der Waals surface area contributed by atoms with Crippen molar-refractivity contribution in [2.24, 2.45) is 0 Å². The van der Waals surface area contributed by atoms with E-state index in [1.165, 1.54) is 11.7 Å². The molecule has 15 heavy (non-hydrogen) atoms. The van der Waals surface area contributed by atoms with Crippen LogP contribution in [0.5, 0.6) is 0 Å². The molecular weight excluding hydrogens is 194 g/mol. The van der Waals surface area contributed by atoms with Gasteiger partial charge in [0, 0.05) is 18.3 Å². The summed E-state index contributed by atoms with van der Waals surface area (Å²) in [6, 6.07) is 3.62. The molecule has 4 heteroatoms. The summed E-state index contributed by atoms with van der Waals surface area (Å²) in [4.78, 5) is 22.6. The summed E-state index contributed by atoms with van der Waals surface area (Å²) in [5.41, 5.74) is 0.742. The van der Waals surface area contributed by atoms with E-state index in [2.05, 4.69) is 4.74 Å². The lowest BCUT2D eigenvalue weighted by Gasteiger charge is -2.05. The molecule has 0 spiro atoms. The Balaban J connectivity index is 2.78. The second kappa shape index (κ2) is 5.34. The highest BCUT2D eigenvalue weighted by Gasteiger charge is 2.04. The van der Waals surface area contributed by atoms with E-state index in [4.69, 9.17) is 0 Å². The Morgan fingerprint density at radius 2 is 2.27 bits per heavy atom. The molecule has 0 aliphatic heterocycles. The van der Waals surface area contributed by atoms with Crippen molar-refractivity contribution in [3.63, 3.8) is 0 Å². The Kier molecular flexibility index (Phi) is 4.09. The minimum absolute atomic E-state index is 0.0242. The third kappa shape index (κ3) is 2.94. The number of methoxy groups -OCH3 is 1. The fraction of sp³-hybridized carbons (Fsp3) is 0.455. The monoisotopic (exact) mass is 209 g/mol. The van der Waals surface area contributed by atoms with Crippen LogP contribution >= 0.6 is 0 Å². The van der Waals surface area contributed by atoms with Crippen molar-refractivity contribution >= 4 is 5.97 Å². The van der Waals surface area contributed by atoms with E-state index in [0.29, 0.717) is 13.0 Å². The zero-order valence-corrected chi connectivity index (χ0v) is 9.03. The lowest BCUT2D eigenvalue weighted by atomic mass is 10.2. The number of carbonyl (C=O) groups excluding carboxylic acids is 1. The van der Waals surface area contributed by atoms with E-state index in [1.807, 2.05) is 13.0 Å². The fourth-order valence-corrected chi connectivity index (χ4v) is 1.35. The van der Waals surface area contributed by atoms with Crippen LogP contribution in [0.2, 0.25) is 0 Å². The number of carbonyl (C=O) groups is 1. The number of esters is 1. The summed E-state index contributed by atoms with van der Waals surface area (Å²) in [5.74, 6) is -0.302. The van der Waals surface area contributed by atoms with Gasteiger partial charge in [-0.2, -0.15) is 0 Å². The minimum Gasteiger partial charge on any atom is -0.469 e. The van der Waals surface area contributed by atoms with Crippen molar-refractivity contribution in [2.75, 3.05) is 7.11 Å². The molecule has 0 fully saturated rings. The molecule has 0 unspecified atom stereocenters. The maximum absolute atomic E-state index is 11.7. The van der Waals surface area contributed by atoms with Crippen LogP contribution in [0.25, 0.3) is 0 Å². The van der Waals surface area contributed by atoms with Crippen LogP contribution in [0.1, 0.15) is 18.9 Å². The molecule has 0 aliphatic carbocycles. The average Bonchev–Trinajstić information content (AvgIpc) is 2.27. The lowest BCUT2D eigenvalue weighted by molar-refractivity contribution is -0.140. The summed E-state index contributed by atoms with van der Waals surface area (Å²) in [6.07, 6.45) is 2.62. The Morgan fingerprint density at radius 1 is 1.53 bits per heavy atom. The molecule has 0 aliphatic rings. The molecule has 1 heterocycles. The third-order valence-electron chi connectivity index (χ3n) is 2.26. The number of hydrogen-bond donors (Lipinski definition) is 0. The highest BCUT2D eigenvalue weighted by Crippen LogP contribution is 1.95. The number of nitrogens with zero attached hydrogens (tertiary/aromatic N) is 1. The van der Waals surface area contributed by atoms with Gasteiger partial charge >= 0.3 is 5.97 Å². The van der Waals surface area contributed by atoms with Crippen molar-refractivity contribution in [3.8, 4) is 0 Å². The Bertz CT molecular complexity index is 395. The van der Waals surface area contributed by atoms with Crippen LogP contribution in [0, 0.1) is 0 Å². The molecule has 0 amide bonds. The standard InChI is InChI=1S/C11H15NO3/c1-3-9-5-4-7-12(11(9)14)8-6-10(13)15-2/h4-5,7H,3,6,8H2,1-2H3. The highest BCUT2D eigenvalue weighted by molar-refractivity contribution is 5.68. The van der Waals surface area contributed by atoms with Crippen molar-refractivity contribution in [1.82, 2.24) is 4.57 Å². The van der Waals surface area contributed by atoms with Gasteiger partial charge in [0.1, 0.15) is 0 Å². The smallest absolute Gasteiger partial charge is 0.307 e. The summed E-state index contributed by atoms with van der Waals surface area (Å²) < 4.78 is 6.05. The minimum atomic E-state index is -0.302. The maximum Gasteiger partial charge on any atom is 0.307 e. The highest BCUT2D eigenvalue weighted by atomic mass is 16.5. The molecule has 82 valence electrons. The molecule has 4 nitrogen and oxygen atoms in total. The van der Waals surface area contributed by atoms with Crippen LogP contribution in [0.15, 0.2) is 23.1 Å². The quantitative estimate of drug-likeness (QED) is 0.694. The molecule has 0 saturated carbocycles. The lowest BCUT2D eigenvalue weighted by Crippen LogP contribution is -2.23. The largest absolute Gasteiger partial charge is 0.469 e. The Labute approximate surface area is 88.5 Å². The molecule has 0 saturated heterocycles. The number of aryl methyl sites for hydroxylation is 2. The summed E-state index contributed by atoms with van der Waals surface area (Å²) in [5, 5.41) is 0. The van der Waals surface area contributed by atoms with E-state index in [1.54, 1.807) is 12.3 Å². The molecule has 0 atom stereocenters. The number of ether oxygens (including phenoxy) is 1. The Hall–Kier alpha value is -1.58. The SMILES string of the molecule is CCc1cccn(CCC(=O)OC)c1=O. The van der Waals surface area contributed by atoms with Gasteiger partial charge in [-0.25, -0.2) is 0 Å². The van der Waals surface area contributed by atoms with E-state index in [-0.39, 0.29) is 17.9 Å². The number of aromatic nitrogens is 1. The molecular formula is C11H15NO3. The van der Waals surface area contributed by atoms with Crippen LogP contribution < -0.4 is 5.56 Å². The van der Waals surface area contributed by atoms with Gasteiger partial charge in [-0.3, -0.25) is 9.59 Å². The zero-order chi connectivity index (χ0) is 11.3. The van der Waals surface area contributed by atoms with E-state index in [0.717, 1.165) is 5.56 Å².